The highest BCUT2D eigenvalue weighted by molar-refractivity contribution is 7.10. The van der Waals surface area contributed by atoms with Crippen LogP contribution in [0.3, 0.4) is 0 Å². The lowest BCUT2D eigenvalue weighted by Crippen LogP contribution is -2.10. The molecule has 1 aromatic heterocycles. The molecule has 0 amide bonds. The highest BCUT2D eigenvalue weighted by Gasteiger charge is 2.16. The average Bonchev–Trinajstić information content (AvgIpc) is 2.84. The van der Waals surface area contributed by atoms with E-state index in [2.05, 4.69) is 0 Å². The van der Waals surface area contributed by atoms with Gasteiger partial charge < -0.3 is 19.9 Å². The fraction of sp³-hybridized carbons (Fsp3) is 0.333. The van der Waals surface area contributed by atoms with Crippen LogP contribution in [-0.4, -0.2) is 20.3 Å². The van der Waals surface area contributed by atoms with Gasteiger partial charge in [-0.25, -0.2) is 0 Å². The van der Waals surface area contributed by atoms with Crippen LogP contribution in [-0.2, 0) is 0 Å². The van der Waals surface area contributed by atoms with Gasteiger partial charge in [0.05, 0.1) is 26.4 Å². The first-order chi connectivity index (χ1) is 9.78. The van der Waals surface area contributed by atoms with Crippen LogP contribution in [0.2, 0.25) is 0 Å². The average molecular weight is 291 g/mol. The molecule has 2 aromatic rings. The molecule has 0 aliphatic carbocycles. The van der Waals surface area contributed by atoms with E-state index in [1.54, 1.807) is 18.4 Å². The number of benzene rings is 1. The van der Waals surface area contributed by atoms with Crippen molar-refractivity contribution in [3.63, 3.8) is 0 Å². The molecule has 1 aliphatic heterocycles. The van der Waals surface area contributed by atoms with Crippen molar-refractivity contribution in [2.45, 2.75) is 12.5 Å². The Balaban J connectivity index is 1.87. The molecule has 1 atom stereocenters. The molecule has 0 saturated heterocycles. The summed E-state index contributed by atoms with van der Waals surface area (Å²) in [5.74, 6) is 2.41. The first-order valence-corrected chi connectivity index (χ1v) is 7.43. The lowest BCUT2D eigenvalue weighted by atomic mass is 10.1. The molecular weight excluding hydrogens is 274 g/mol. The predicted octanol–water partition coefficient (Wildman–Crippen LogP) is 2.97. The molecule has 4 nitrogen and oxygen atoms in total. The summed E-state index contributed by atoms with van der Waals surface area (Å²) in [4.78, 5) is 1.07. The summed E-state index contributed by atoms with van der Waals surface area (Å²) < 4.78 is 16.5. The number of ether oxygens (including phenoxy) is 3. The zero-order valence-corrected chi connectivity index (χ0v) is 12.1. The Kier molecular flexibility index (Phi) is 3.80. The van der Waals surface area contributed by atoms with Gasteiger partial charge in [-0.3, -0.25) is 0 Å². The molecule has 3 rings (SSSR count). The van der Waals surface area contributed by atoms with Gasteiger partial charge in [0.1, 0.15) is 5.75 Å². The van der Waals surface area contributed by atoms with Gasteiger partial charge in [0.15, 0.2) is 11.5 Å². The van der Waals surface area contributed by atoms with E-state index in [9.17, 15) is 0 Å². The van der Waals surface area contributed by atoms with Crippen molar-refractivity contribution in [1.29, 1.82) is 0 Å². The van der Waals surface area contributed by atoms with Crippen molar-refractivity contribution in [3.05, 3.63) is 40.1 Å². The summed E-state index contributed by atoms with van der Waals surface area (Å²) >= 11 is 1.60. The van der Waals surface area contributed by atoms with Gasteiger partial charge in [-0.15, -0.1) is 11.3 Å². The summed E-state index contributed by atoms with van der Waals surface area (Å²) in [7, 11) is 1.66. The van der Waals surface area contributed by atoms with E-state index in [0.717, 1.165) is 34.1 Å². The zero-order valence-electron chi connectivity index (χ0n) is 11.3. The van der Waals surface area contributed by atoms with Gasteiger partial charge in [0.2, 0.25) is 0 Å². The van der Waals surface area contributed by atoms with Crippen molar-refractivity contribution in [2.24, 2.45) is 5.73 Å². The van der Waals surface area contributed by atoms with E-state index in [0.29, 0.717) is 13.2 Å². The van der Waals surface area contributed by atoms with Gasteiger partial charge in [0, 0.05) is 16.7 Å². The number of methoxy groups -OCH3 is 1. The van der Waals surface area contributed by atoms with Gasteiger partial charge in [-0.05, 0) is 23.8 Å². The molecule has 0 radical (unpaired) electrons. The molecule has 0 fully saturated rings. The maximum absolute atomic E-state index is 6.32. The minimum atomic E-state index is -0.180. The second-order valence-corrected chi connectivity index (χ2v) is 5.57. The van der Waals surface area contributed by atoms with E-state index in [-0.39, 0.29) is 6.04 Å². The van der Waals surface area contributed by atoms with Gasteiger partial charge >= 0.3 is 0 Å². The third kappa shape index (κ3) is 2.59. The maximum atomic E-state index is 6.32. The van der Waals surface area contributed by atoms with Crippen molar-refractivity contribution in [2.75, 3.05) is 20.3 Å². The topological polar surface area (TPSA) is 53.7 Å². The standard InChI is InChI=1S/C15H17NO3S/c1-17-11-8-14(20-9-11)15(16)10-3-4-12-13(7-10)19-6-2-5-18-12/h3-4,7-9,15H,2,5-6,16H2,1H3. The molecular formula is C15H17NO3S. The first-order valence-electron chi connectivity index (χ1n) is 6.55. The smallest absolute Gasteiger partial charge is 0.161 e. The second-order valence-electron chi connectivity index (χ2n) is 4.62. The molecule has 0 bridgehead atoms. The number of hydrogen-bond donors (Lipinski definition) is 1. The third-order valence-electron chi connectivity index (χ3n) is 3.27. The molecule has 0 saturated carbocycles. The highest BCUT2D eigenvalue weighted by Crippen LogP contribution is 2.35. The quantitative estimate of drug-likeness (QED) is 0.944. The van der Waals surface area contributed by atoms with E-state index in [1.165, 1.54) is 0 Å². The molecule has 0 spiro atoms. The number of thiophene rings is 1. The Hall–Kier alpha value is -1.72. The van der Waals surface area contributed by atoms with Crippen LogP contribution in [0.5, 0.6) is 17.2 Å². The van der Waals surface area contributed by atoms with Crippen molar-refractivity contribution in [1.82, 2.24) is 0 Å². The lowest BCUT2D eigenvalue weighted by molar-refractivity contribution is 0.297. The predicted molar refractivity (Wildman–Crippen MR) is 79.0 cm³/mol. The van der Waals surface area contributed by atoms with Crippen LogP contribution in [0.25, 0.3) is 0 Å². The van der Waals surface area contributed by atoms with E-state index in [4.69, 9.17) is 19.9 Å². The Labute approximate surface area is 122 Å². The summed E-state index contributed by atoms with van der Waals surface area (Å²) in [6, 6.07) is 7.68. The molecule has 20 heavy (non-hydrogen) atoms. The SMILES string of the molecule is COc1csc(C(N)c2ccc3c(c2)OCCCO3)c1. The maximum Gasteiger partial charge on any atom is 0.161 e. The van der Waals surface area contributed by atoms with E-state index >= 15 is 0 Å². The van der Waals surface area contributed by atoms with Gasteiger partial charge in [0.25, 0.3) is 0 Å². The minimum absolute atomic E-state index is 0.180. The normalized spacial score (nSPS) is 15.5. The van der Waals surface area contributed by atoms with Crippen molar-refractivity contribution in [3.8, 4) is 17.2 Å². The van der Waals surface area contributed by atoms with Crippen LogP contribution in [0, 0.1) is 0 Å². The summed E-state index contributed by atoms with van der Waals surface area (Å²) in [5.41, 5.74) is 7.33. The number of fused-ring (bicyclic) bond motifs is 1. The molecule has 5 heteroatoms. The van der Waals surface area contributed by atoms with Crippen LogP contribution >= 0.6 is 11.3 Å². The van der Waals surface area contributed by atoms with Gasteiger partial charge in [-0.2, -0.15) is 0 Å². The van der Waals surface area contributed by atoms with Gasteiger partial charge in [-0.1, -0.05) is 6.07 Å². The lowest BCUT2D eigenvalue weighted by Gasteiger charge is -2.13. The Morgan fingerprint density at radius 1 is 1.20 bits per heavy atom. The Morgan fingerprint density at radius 2 is 2.00 bits per heavy atom. The highest BCUT2D eigenvalue weighted by atomic mass is 32.1. The first kappa shape index (κ1) is 13.3. The van der Waals surface area contributed by atoms with Crippen LogP contribution < -0.4 is 19.9 Å². The number of nitrogens with two attached hydrogens (primary N) is 1. The minimum Gasteiger partial charge on any atom is -0.496 e. The molecule has 1 aliphatic rings. The van der Waals surface area contributed by atoms with Crippen molar-refractivity contribution < 1.29 is 14.2 Å². The number of hydrogen-bond acceptors (Lipinski definition) is 5. The fourth-order valence-electron chi connectivity index (χ4n) is 2.14. The fourth-order valence-corrected chi connectivity index (χ4v) is 3.03. The molecule has 106 valence electrons. The molecule has 1 aromatic carbocycles. The molecule has 2 heterocycles. The van der Waals surface area contributed by atoms with Crippen molar-refractivity contribution >= 4 is 11.3 Å². The van der Waals surface area contributed by atoms with Crippen LogP contribution in [0.15, 0.2) is 29.6 Å². The Bertz CT molecular complexity index is 597. The van der Waals surface area contributed by atoms with E-state index < -0.39 is 0 Å². The zero-order chi connectivity index (χ0) is 13.9. The van der Waals surface area contributed by atoms with Crippen LogP contribution in [0.1, 0.15) is 22.9 Å². The molecule has 1 unspecified atom stereocenters. The second kappa shape index (κ2) is 5.73. The van der Waals surface area contributed by atoms with Crippen LogP contribution in [0.4, 0.5) is 0 Å². The molecule has 2 N–H and O–H groups in total. The summed E-state index contributed by atoms with van der Waals surface area (Å²) in [6.07, 6.45) is 0.901. The van der Waals surface area contributed by atoms with E-state index in [1.807, 2.05) is 29.6 Å². The summed E-state index contributed by atoms with van der Waals surface area (Å²) in [5, 5.41) is 1.96. The summed E-state index contributed by atoms with van der Waals surface area (Å²) in [6.45, 7) is 1.37. The Morgan fingerprint density at radius 3 is 2.75 bits per heavy atom. The largest absolute Gasteiger partial charge is 0.496 e. The third-order valence-corrected chi connectivity index (χ3v) is 4.26. The monoisotopic (exact) mass is 291 g/mol. The number of rotatable bonds is 3.